The lowest BCUT2D eigenvalue weighted by atomic mass is 10.0. The van der Waals surface area contributed by atoms with Gasteiger partial charge in [-0.1, -0.05) is 12.1 Å². The number of nitrogens with one attached hydrogen (secondary N) is 1. The Bertz CT molecular complexity index is 585. The van der Waals surface area contributed by atoms with Crippen LogP contribution in [-0.4, -0.2) is 43.1 Å². The molecule has 4 nitrogen and oxygen atoms in total. The van der Waals surface area contributed by atoms with Crippen LogP contribution in [0.5, 0.6) is 5.75 Å². The molecule has 2 aliphatic heterocycles. The van der Waals surface area contributed by atoms with Gasteiger partial charge in [0.25, 0.3) is 5.91 Å². The van der Waals surface area contributed by atoms with Crippen molar-refractivity contribution >= 4 is 18.3 Å². The molecule has 8 heteroatoms. The van der Waals surface area contributed by atoms with E-state index in [1.807, 2.05) is 0 Å². The van der Waals surface area contributed by atoms with Crippen molar-refractivity contribution in [3.05, 3.63) is 29.8 Å². The number of nitrogens with zero attached hydrogens (tertiary/aromatic N) is 1. The minimum Gasteiger partial charge on any atom is -0.480 e. The number of rotatable bonds is 3. The number of hydrogen-bond acceptors (Lipinski definition) is 3. The first-order valence-electron chi connectivity index (χ1n) is 7.68. The standard InChI is InChI=1S/C16H19F3N2O2.ClH/c1-10(15(22)21-8-11-6-20-7-12(11)9-21)23-14-5-3-2-4-13(14)16(17,18)19;/h2-5,10-12,20H,6-9H2,1H3;1H/t10?,11-,12+;. The molecule has 2 fully saturated rings. The molecule has 2 heterocycles. The number of carbonyl (C=O) groups is 1. The normalized spacial score (nSPS) is 24.2. The summed E-state index contributed by atoms with van der Waals surface area (Å²) in [6.45, 7) is 4.57. The average molecular weight is 365 g/mol. The number of halogens is 4. The Hall–Kier alpha value is -1.47. The third-order valence-electron chi connectivity index (χ3n) is 4.55. The minimum atomic E-state index is -4.50. The predicted molar refractivity (Wildman–Crippen MR) is 85.2 cm³/mol. The smallest absolute Gasteiger partial charge is 0.419 e. The Morgan fingerprint density at radius 1 is 1.25 bits per heavy atom. The van der Waals surface area contributed by atoms with Gasteiger partial charge in [-0.2, -0.15) is 13.2 Å². The van der Waals surface area contributed by atoms with Crippen LogP contribution in [0, 0.1) is 11.8 Å². The lowest BCUT2D eigenvalue weighted by Crippen LogP contribution is -2.40. The SMILES string of the molecule is CC(Oc1ccccc1C(F)(F)F)C(=O)N1C[C@H]2CNC[C@H]2C1.Cl. The summed E-state index contributed by atoms with van der Waals surface area (Å²) in [5.41, 5.74) is -0.859. The van der Waals surface area contributed by atoms with Crippen LogP contribution in [0.25, 0.3) is 0 Å². The van der Waals surface area contributed by atoms with Crippen LogP contribution in [0.15, 0.2) is 24.3 Å². The molecule has 1 aromatic carbocycles. The maximum absolute atomic E-state index is 13.0. The van der Waals surface area contributed by atoms with Crippen LogP contribution < -0.4 is 10.1 Å². The Balaban J connectivity index is 0.00000208. The first-order chi connectivity index (χ1) is 10.9. The van der Waals surface area contributed by atoms with E-state index in [9.17, 15) is 18.0 Å². The van der Waals surface area contributed by atoms with Crippen LogP contribution in [0.4, 0.5) is 13.2 Å². The zero-order valence-electron chi connectivity index (χ0n) is 13.2. The molecule has 24 heavy (non-hydrogen) atoms. The highest BCUT2D eigenvalue weighted by molar-refractivity contribution is 5.85. The van der Waals surface area contributed by atoms with E-state index in [1.54, 1.807) is 4.90 Å². The first kappa shape index (κ1) is 18.9. The molecule has 0 radical (unpaired) electrons. The van der Waals surface area contributed by atoms with E-state index in [0.717, 1.165) is 19.2 Å². The quantitative estimate of drug-likeness (QED) is 0.896. The maximum Gasteiger partial charge on any atom is 0.419 e. The Labute approximate surface area is 144 Å². The molecule has 1 amide bonds. The molecular formula is C16H20ClF3N2O2. The second kappa shape index (κ2) is 7.19. The number of carbonyl (C=O) groups excluding carboxylic acids is 1. The number of alkyl halides is 3. The van der Waals surface area contributed by atoms with Gasteiger partial charge in [-0.05, 0) is 30.9 Å². The monoisotopic (exact) mass is 364 g/mol. The van der Waals surface area contributed by atoms with Gasteiger partial charge in [0.1, 0.15) is 5.75 Å². The topological polar surface area (TPSA) is 41.6 Å². The molecule has 3 atom stereocenters. The van der Waals surface area contributed by atoms with Gasteiger partial charge in [-0.25, -0.2) is 0 Å². The number of benzene rings is 1. The van der Waals surface area contributed by atoms with E-state index < -0.39 is 17.8 Å². The number of ether oxygens (including phenoxy) is 1. The Kier molecular flexibility index (Phi) is 5.65. The summed E-state index contributed by atoms with van der Waals surface area (Å²) in [5.74, 6) is 0.320. The minimum absolute atomic E-state index is 0. The van der Waals surface area contributed by atoms with Gasteiger partial charge in [-0.3, -0.25) is 4.79 Å². The van der Waals surface area contributed by atoms with Gasteiger partial charge in [0, 0.05) is 26.2 Å². The van der Waals surface area contributed by atoms with Crippen molar-refractivity contribution < 1.29 is 22.7 Å². The van der Waals surface area contributed by atoms with Gasteiger partial charge in [0.15, 0.2) is 6.10 Å². The highest BCUT2D eigenvalue weighted by atomic mass is 35.5. The van der Waals surface area contributed by atoms with Crippen molar-refractivity contribution in [3.63, 3.8) is 0 Å². The molecule has 0 saturated carbocycles. The molecule has 2 aliphatic rings. The summed E-state index contributed by atoms with van der Waals surface area (Å²) in [6, 6.07) is 4.97. The van der Waals surface area contributed by atoms with Crippen molar-refractivity contribution in [3.8, 4) is 5.75 Å². The molecule has 2 saturated heterocycles. The lowest BCUT2D eigenvalue weighted by Gasteiger charge is -2.23. The average Bonchev–Trinajstić information content (AvgIpc) is 3.07. The summed E-state index contributed by atoms with van der Waals surface area (Å²) in [7, 11) is 0. The van der Waals surface area contributed by atoms with Crippen LogP contribution in [-0.2, 0) is 11.0 Å². The van der Waals surface area contributed by atoms with Crippen molar-refractivity contribution in [2.75, 3.05) is 26.2 Å². The number of fused-ring (bicyclic) bond motifs is 1. The van der Waals surface area contributed by atoms with Gasteiger partial charge < -0.3 is 15.0 Å². The molecule has 0 aliphatic carbocycles. The molecule has 0 aromatic heterocycles. The van der Waals surface area contributed by atoms with E-state index in [4.69, 9.17) is 4.74 Å². The zero-order valence-corrected chi connectivity index (χ0v) is 14.0. The van der Waals surface area contributed by atoms with Crippen LogP contribution >= 0.6 is 12.4 Å². The second-order valence-electron chi connectivity index (χ2n) is 6.18. The molecule has 1 unspecified atom stereocenters. The molecule has 0 spiro atoms. The number of hydrogen-bond donors (Lipinski definition) is 1. The van der Waals surface area contributed by atoms with E-state index in [1.165, 1.54) is 25.1 Å². The molecular weight excluding hydrogens is 345 g/mol. The van der Waals surface area contributed by atoms with Gasteiger partial charge in [-0.15, -0.1) is 12.4 Å². The summed E-state index contributed by atoms with van der Waals surface area (Å²) in [4.78, 5) is 14.1. The Morgan fingerprint density at radius 2 is 1.83 bits per heavy atom. The first-order valence-corrected chi connectivity index (χ1v) is 7.68. The van der Waals surface area contributed by atoms with Crippen molar-refractivity contribution in [2.24, 2.45) is 11.8 Å². The Morgan fingerprint density at radius 3 is 2.42 bits per heavy atom. The van der Waals surface area contributed by atoms with Crippen LogP contribution in [0.1, 0.15) is 12.5 Å². The van der Waals surface area contributed by atoms with Crippen LogP contribution in [0.2, 0.25) is 0 Å². The highest BCUT2D eigenvalue weighted by Gasteiger charge is 2.40. The second-order valence-corrected chi connectivity index (χ2v) is 6.18. The predicted octanol–water partition coefficient (Wildman–Crippen LogP) is 2.57. The van der Waals surface area contributed by atoms with Crippen molar-refractivity contribution in [1.82, 2.24) is 10.2 Å². The highest BCUT2D eigenvalue weighted by Crippen LogP contribution is 2.36. The summed E-state index contributed by atoms with van der Waals surface area (Å²) in [6.07, 6.45) is -5.44. The molecule has 0 bridgehead atoms. The van der Waals surface area contributed by atoms with Gasteiger partial charge in [0.2, 0.25) is 0 Å². The molecule has 134 valence electrons. The van der Waals surface area contributed by atoms with E-state index >= 15 is 0 Å². The summed E-state index contributed by atoms with van der Waals surface area (Å²) < 4.78 is 44.3. The largest absolute Gasteiger partial charge is 0.480 e. The van der Waals surface area contributed by atoms with Crippen LogP contribution in [0.3, 0.4) is 0 Å². The van der Waals surface area contributed by atoms with E-state index in [0.29, 0.717) is 24.9 Å². The maximum atomic E-state index is 13.0. The van der Waals surface area contributed by atoms with Gasteiger partial charge >= 0.3 is 6.18 Å². The van der Waals surface area contributed by atoms with Gasteiger partial charge in [0.05, 0.1) is 5.56 Å². The lowest BCUT2D eigenvalue weighted by molar-refractivity contribution is -0.143. The summed E-state index contributed by atoms with van der Waals surface area (Å²) >= 11 is 0. The van der Waals surface area contributed by atoms with Crippen molar-refractivity contribution in [2.45, 2.75) is 19.2 Å². The zero-order chi connectivity index (χ0) is 16.6. The molecule has 1 aromatic rings. The van der Waals surface area contributed by atoms with E-state index in [-0.39, 0.29) is 24.1 Å². The number of amides is 1. The fraction of sp³-hybridized carbons (Fsp3) is 0.562. The summed E-state index contributed by atoms with van der Waals surface area (Å²) in [5, 5.41) is 3.28. The van der Waals surface area contributed by atoms with E-state index in [2.05, 4.69) is 5.32 Å². The molecule has 1 N–H and O–H groups in total. The fourth-order valence-electron chi connectivity index (χ4n) is 3.34. The number of para-hydroxylation sites is 1. The van der Waals surface area contributed by atoms with Crippen molar-refractivity contribution in [1.29, 1.82) is 0 Å². The fourth-order valence-corrected chi connectivity index (χ4v) is 3.34. The third kappa shape index (κ3) is 3.78. The number of likely N-dealkylation sites (tertiary alicyclic amines) is 1. The third-order valence-corrected chi connectivity index (χ3v) is 4.55. The molecule has 3 rings (SSSR count).